The molecule has 0 bridgehead atoms. The van der Waals surface area contributed by atoms with Crippen LogP contribution in [0, 0.1) is 0 Å². The van der Waals surface area contributed by atoms with Gasteiger partial charge in [-0.1, -0.05) is 0 Å². The van der Waals surface area contributed by atoms with Crippen molar-refractivity contribution in [3.63, 3.8) is 0 Å². The Morgan fingerprint density at radius 3 is 3.28 bits per heavy atom. The normalized spacial score (nSPS) is 24.1. The van der Waals surface area contributed by atoms with Gasteiger partial charge in [-0.05, 0) is 6.92 Å². The Hall–Kier alpha value is -1.40. The maximum atomic E-state index is 5.62. The molecule has 1 aromatic rings. The number of hydrogen-bond donors (Lipinski definition) is 1. The Morgan fingerprint density at radius 2 is 2.39 bits per heavy atom. The van der Waals surface area contributed by atoms with Gasteiger partial charge < -0.3 is 19.7 Å². The highest BCUT2D eigenvalue weighted by Crippen LogP contribution is 2.22. The van der Waals surface area contributed by atoms with E-state index >= 15 is 0 Å². The van der Waals surface area contributed by atoms with Crippen molar-refractivity contribution < 1.29 is 9.47 Å². The first-order chi connectivity index (χ1) is 8.84. The number of morpholine rings is 1. The van der Waals surface area contributed by atoms with E-state index in [1.165, 1.54) is 0 Å². The van der Waals surface area contributed by atoms with E-state index in [-0.39, 0.29) is 0 Å². The number of rotatable bonds is 1. The smallest absolute Gasteiger partial charge is 0.239 e. The highest BCUT2D eigenvalue weighted by molar-refractivity contribution is 5.41. The Morgan fingerprint density at radius 1 is 1.44 bits per heavy atom. The Balaban J connectivity index is 1.86. The maximum absolute atomic E-state index is 5.62. The number of anilines is 1. The van der Waals surface area contributed by atoms with Crippen molar-refractivity contribution in [2.75, 3.05) is 37.8 Å². The van der Waals surface area contributed by atoms with Gasteiger partial charge in [-0.2, -0.15) is 4.98 Å². The van der Waals surface area contributed by atoms with Crippen LogP contribution in [0.4, 0.5) is 5.82 Å². The summed E-state index contributed by atoms with van der Waals surface area (Å²) in [5.41, 5.74) is 0.886. The molecule has 0 aliphatic carbocycles. The van der Waals surface area contributed by atoms with Gasteiger partial charge >= 0.3 is 0 Å². The molecule has 0 radical (unpaired) electrons. The molecule has 1 fully saturated rings. The third kappa shape index (κ3) is 2.26. The lowest BCUT2D eigenvalue weighted by molar-refractivity contribution is 0.0984. The molecule has 3 heterocycles. The lowest BCUT2D eigenvalue weighted by atomic mass is 10.2. The molecule has 18 heavy (non-hydrogen) atoms. The number of aromatic nitrogens is 2. The molecular weight excluding hydrogens is 232 g/mol. The van der Waals surface area contributed by atoms with E-state index in [2.05, 4.69) is 27.1 Å². The van der Waals surface area contributed by atoms with E-state index in [1.54, 1.807) is 0 Å². The van der Waals surface area contributed by atoms with E-state index in [0.717, 1.165) is 44.4 Å². The fraction of sp³-hybridized carbons (Fsp3) is 0.667. The molecule has 6 heteroatoms. The van der Waals surface area contributed by atoms with E-state index in [0.29, 0.717) is 18.5 Å². The summed E-state index contributed by atoms with van der Waals surface area (Å²) >= 11 is 0. The summed E-state index contributed by atoms with van der Waals surface area (Å²) in [6.07, 6.45) is 1.83. The van der Waals surface area contributed by atoms with Gasteiger partial charge in [-0.3, -0.25) is 4.98 Å². The van der Waals surface area contributed by atoms with Crippen LogP contribution in [-0.4, -0.2) is 48.9 Å². The molecule has 0 amide bonds. The molecule has 0 spiro atoms. The number of hydrogen-bond acceptors (Lipinski definition) is 6. The average Bonchev–Trinajstić information content (AvgIpc) is 2.63. The summed E-state index contributed by atoms with van der Waals surface area (Å²) in [6, 6.07) is 0.329. The van der Waals surface area contributed by atoms with Crippen molar-refractivity contribution in [1.29, 1.82) is 0 Å². The molecule has 2 aliphatic rings. The number of fused-ring (bicyclic) bond motifs is 1. The Labute approximate surface area is 106 Å². The SMILES string of the molecule is CC1COCCN1c1cnc2c(n1)OCCNC2. The lowest BCUT2D eigenvalue weighted by Crippen LogP contribution is -2.44. The molecule has 1 N–H and O–H groups in total. The van der Waals surface area contributed by atoms with Gasteiger partial charge in [0.2, 0.25) is 5.88 Å². The van der Waals surface area contributed by atoms with Crippen LogP contribution in [0.1, 0.15) is 12.6 Å². The van der Waals surface area contributed by atoms with Crippen LogP contribution in [0.2, 0.25) is 0 Å². The summed E-state index contributed by atoms with van der Waals surface area (Å²) in [5, 5.41) is 3.25. The van der Waals surface area contributed by atoms with Gasteiger partial charge in [0.05, 0.1) is 25.5 Å². The second kappa shape index (κ2) is 5.07. The summed E-state index contributed by atoms with van der Waals surface area (Å²) in [5.74, 6) is 1.54. The predicted octanol–water partition coefficient (Wildman–Crippen LogP) is 0.184. The van der Waals surface area contributed by atoms with Crippen molar-refractivity contribution in [2.24, 2.45) is 0 Å². The number of nitrogens with one attached hydrogen (secondary N) is 1. The van der Waals surface area contributed by atoms with E-state index in [9.17, 15) is 0 Å². The van der Waals surface area contributed by atoms with E-state index in [4.69, 9.17) is 9.47 Å². The Bertz CT molecular complexity index is 427. The van der Waals surface area contributed by atoms with Crippen LogP contribution in [-0.2, 0) is 11.3 Å². The fourth-order valence-electron chi connectivity index (χ4n) is 2.26. The zero-order valence-corrected chi connectivity index (χ0v) is 10.6. The highest BCUT2D eigenvalue weighted by atomic mass is 16.5. The number of nitrogens with zero attached hydrogens (tertiary/aromatic N) is 3. The first-order valence-electron chi connectivity index (χ1n) is 6.38. The molecule has 1 saturated heterocycles. The van der Waals surface area contributed by atoms with Crippen LogP contribution in [0.5, 0.6) is 5.88 Å². The zero-order valence-electron chi connectivity index (χ0n) is 10.6. The van der Waals surface area contributed by atoms with Crippen LogP contribution in [0.25, 0.3) is 0 Å². The minimum Gasteiger partial charge on any atom is -0.475 e. The molecule has 0 aromatic carbocycles. The summed E-state index contributed by atoms with van der Waals surface area (Å²) < 4.78 is 11.1. The Kier molecular flexibility index (Phi) is 3.29. The number of ether oxygens (including phenoxy) is 2. The third-order valence-corrected chi connectivity index (χ3v) is 3.27. The first kappa shape index (κ1) is 11.7. The van der Waals surface area contributed by atoms with Gasteiger partial charge in [0.25, 0.3) is 0 Å². The van der Waals surface area contributed by atoms with Crippen LogP contribution in [0.15, 0.2) is 6.20 Å². The average molecular weight is 250 g/mol. The molecule has 1 aromatic heterocycles. The molecular formula is C12H18N4O2. The largest absolute Gasteiger partial charge is 0.475 e. The topological polar surface area (TPSA) is 59.5 Å². The lowest BCUT2D eigenvalue weighted by Gasteiger charge is -2.34. The van der Waals surface area contributed by atoms with Crippen molar-refractivity contribution in [3.05, 3.63) is 11.9 Å². The summed E-state index contributed by atoms with van der Waals surface area (Å²) in [6.45, 7) is 6.67. The maximum Gasteiger partial charge on any atom is 0.239 e. The second-order valence-electron chi connectivity index (χ2n) is 4.62. The minimum atomic E-state index is 0.329. The first-order valence-corrected chi connectivity index (χ1v) is 6.38. The monoisotopic (exact) mass is 250 g/mol. The van der Waals surface area contributed by atoms with E-state index < -0.39 is 0 Å². The molecule has 98 valence electrons. The van der Waals surface area contributed by atoms with E-state index in [1.807, 2.05) is 6.20 Å². The van der Waals surface area contributed by atoms with Crippen molar-refractivity contribution in [1.82, 2.24) is 15.3 Å². The second-order valence-corrected chi connectivity index (χ2v) is 4.62. The van der Waals surface area contributed by atoms with Crippen molar-refractivity contribution in [3.8, 4) is 5.88 Å². The molecule has 0 saturated carbocycles. The quantitative estimate of drug-likeness (QED) is 0.767. The molecule has 6 nitrogen and oxygen atoms in total. The highest BCUT2D eigenvalue weighted by Gasteiger charge is 2.22. The standard InChI is InChI=1S/C12H18N4O2/c1-9-8-17-5-3-16(9)11-7-14-10-6-13-2-4-18-12(10)15-11/h7,9,13H,2-6,8H2,1H3. The predicted molar refractivity (Wildman–Crippen MR) is 66.9 cm³/mol. The van der Waals surface area contributed by atoms with Gasteiger partial charge in [0, 0.05) is 19.6 Å². The van der Waals surface area contributed by atoms with Gasteiger partial charge in [-0.25, -0.2) is 0 Å². The van der Waals surface area contributed by atoms with Crippen LogP contribution in [0.3, 0.4) is 0 Å². The minimum absolute atomic E-state index is 0.329. The van der Waals surface area contributed by atoms with Crippen molar-refractivity contribution >= 4 is 5.82 Å². The molecule has 2 aliphatic heterocycles. The van der Waals surface area contributed by atoms with Gasteiger partial charge in [0.15, 0.2) is 5.82 Å². The van der Waals surface area contributed by atoms with Crippen molar-refractivity contribution in [2.45, 2.75) is 19.5 Å². The van der Waals surface area contributed by atoms with Gasteiger partial charge in [0.1, 0.15) is 12.3 Å². The summed E-state index contributed by atoms with van der Waals surface area (Å²) in [7, 11) is 0. The molecule has 1 unspecified atom stereocenters. The fourth-order valence-corrected chi connectivity index (χ4v) is 2.26. The van der Waals surface area contributed by atoms with Gasteiger partial charge in [-0.15, -0.1) is 0 Å². The third-order valence-electron chi connectivity index (χ3n) is 3.27. The van der Waals surface area contributed by atoms with Crippen LogP contribution < -0.4 is 15.0 Å². The zero-order chi connectivity index (χ0) is 12.4. The summed E-state index contributed by atoms with van der Waals surface area (Å²) in [4.78, 5) is 11.3. The van der Waals surface area contributed by atoms with Crippen LogP contribution >= 0.6 is 0 Å². The molecule has 1 atom stereocenters. The molecule has 3 rings (SSSR count).